The minimum Gasteiger partial charge on any atom is -0.341 e. The third kappa shape index (κ3) is 4.35. The normalized spacial score (nSPS) is 17.2. The fourth-order valence-corrected chi connectivity index (χ4v) is 4.23. The molecule has 2 rings (SSSR count). The van der Waals surface area contributed by atoms with Crippen molar-refractivity contribution in [2.45, 2.75) is 32.1 Å². The zero-order valence-electron chi connectivity index (χ0n) is 14.6. The van der Waals surface area contributed by atoms with Gasteiger partial charge in [-0.2, -0.15) is 4.31 Å². The van der Waals surface area contributed by atoms with Crippen LogP contribution in [0.5, 0.6) is 0 Å². The molecule has 0 bridgehead atoms. The fraction of sp³-hybridized carbons (Fsp3) is 0.562. The van der Waals surface area contributed by atoms with E-state index in [0.29, 0.717) is 19.5 Å². The summed E-state index contributed by atoms with van der Waals surface area (Å²) in [7, 11) is -3.84. The number of carbonyl (C=O) groups is 1. The number of nitro benzene ring substituents is 1. The summed E-state index contributed by atoms with van der Waals surface area (Å²) >= 11 is 0. The molecule has 1 amide bonds. The van der Waals surface area contributed by atoms with E-state index in [-0.39, 0.29) is 29.6 Å². The van der Waals surface area contributed by atoms with Crippen molar-refractivity contribution in [1.29, 1.82) is 0 Å². The smallest absolute Gasteiger partial charge is 0.270 e. The van der Waals surface area contributed by atoms with E-state index in [1.807, 2.05) is 20.8 Å². The summed E-state index contributed by atoms with van der Waals surface area (Å²) in [4.78, 5) is 24.2. The molecule has 0 aromatic heterocycles. The Hall–Kier alpha value is -2.00. The summed E-state index contributed by atoms with van der Waals surface area (Å²) in [5.41, 5.74) is -0.783. The van der Waals surface area contributed by atoms with Gasteiger partial charge in [-0.15, -0.1) is 0 Å². The second kappa shape index (κ2) is 7.09. The highest BCUT2D eigenvalue weighted by molar-refractivity contribution is 7.89. The van der Waals surface area contributed by atoms with E-state index in [1.165, 1.54) is 22.5 Å². The first-order chi connectivity index (χ1) is 11.5. The Balaban J connectivity index is 2.20. The molecule has 0 N–H and O–H groups in total. The number of non-ortho nitro benzene ring substituents is 1. The largest absolute Gasteiger partial charge is 0.341 e. The van der Waals surface area contributed by atoms with Crippen LogP contribution in [0.2, 0.25) is 0 Å². The van der Waals surface area contributed by atoms with Gasteiger partial charge in [-0.3, -0.25) is 14.9 Å². The third-order valence-corrected chi connectivity index (χ3v) is 5.94. The van der Waals surface area contributed by atoms with Gasteiger partial charge in [0.15, 0.2) is 0 Å². The van der Waals surface area contributed by atoms with Gasteiger partial charge in [0.1, 0.15) is 0 Å². The van der Waals surface area contributed by atoms with Gasteiger partial charge in [-0.05, 0) is 12.5 Å². The molecule has 25 heavy (non-hydrogen) atoms. The lowest BCUT2D eigenvalue weighted by Crippen LogP contribution is -2.42. The van der Waals surface area contributed by atoms with E-state index < -0.39 is 20.4 Å². The summed E-state index contributed by atoms with van der Waals surface area (Å²) in [5, 5.41) is 10.9. The van der Waals surface area contributed by atoms with Crippen molar-refractivity contribution < 1.29 is 18.1 Å². The minimum absolute atomic E-state index is 0.0119. The van der Waals surface area contributed by atoms with Crippen molar-refractivity contribution in [1.82, 2.24) is 9.21 Å². The molecule has 0 saturated carbocycles. The van der Waals surface area contributed by atoms with E-state index >= 15 is 0 Å². The van der Waals surface area contributed by atoms with E-state index in [0.717, 1.165) is 6.07 Å². The number of rotatable bonds is 3. The molecular formula is C16H23N3O5S. The van der Waals surface area contributed by atoms with E-state index in [4.69, 9.17) is 0 Å². The van der Waals surface area contributed by atoms with Crippen molar-refractivity contribution in [2.24, 2.45) is 5.41 Å². The molecule has 1 aliphatic rings. The highest BCUT2D eigenvalue weighted by Gasteiger charge is 2.32. The number of nitro groups is 1. The zero-order chi connectivity index (χ0) is 18.8. The first-order valence-corrected chi connectivity index (χ1v) is 9.51. The second-order valence-corrected chi connectivity index (χ2v) is 8.99. The van der Waals surface area contributed by atoms with E-state index in [2.05, 4.69) is 0 Å². The van der Waals surface area contributed by atoms with Crippen LogP contribution >= 0.6 is 0 Å². The van der Waals surface area contributed by atoms with Crippen molar-refractivity contribution in [3.8, 4) is 0 Å². The van der Waals surface area contributed by atoms with Gasteiger partial charge >= 0.3 is 0 Å². The molecule has 0 spiro atoms. The Morgan fingerprint density at radius 2 is 1.84 bits per heavy atom. The number of benzene rings is 1. The predicted octanol–water partition coefficient (Wildman–Crippen LogP) is 1.86. The van der Waals surface area contributed by atoms with Gasteiger partial charge in [0.25, 0.3) is 5.69 Å². The van der Waals surface area contributed by atoms with Gasteiger partial charge in [-0.25, -0.2) is 8.42 Å². The lowest BCUT2D eigenvalue weighted by molar-refractivity contribution is -0.385. The van der Waals surface area contributed by atoms with Gasteiger partial charge in [0.2, 0.25) is 15.9 Å². The average molecular weight is 369 g/mol. The van der Waals surface area contributed by atoms with E-state index in [1.54, 1.807) is 4.90 Å². The van der Waals surface area contributed by atoms with Crippen molar-refractivity contribution >= 4 is 21.6 Å². The van der Waals surface area contributed by atoms with Crippen LogP contribution in [0.1, 0.15) is 27.2 Å². The second-order valence-electron chi connectivity index (χ2n) is 7.05. The Bertz CT molecular complexity index is 770. The van der Waals surface area contributed by atoms with Crippen molar-refractivity contribution in [3.63, 3.8) is 0 Å². The lowest BCUT2D eigenvalue weighted by atomic mass is 9.94. The predicted molar refractivity (Wildman–Crippen MR) is 92.5 cm³/mol. The summed E-state index contributed by atoms with van der Waals surface area (Å²) in [5.74, 6) is -0.0119. The molecule has 0 aliphatic carbocycles. The zero-order valence-corrected chi connectivity index (χ0v) is 15.5. The quantitative estimate of drug-likeness (QED) is 0.598. The molecule has 0 unspecified atom stereocenters. The maximum Gasteiger partial charge on any atom is 0.270 e. The Morgan fingerprint density at radius 1 is 1.16 bits per heavy atom. The minimum atomic E-state index is -3.84. The van der Waals surface area contributed by atoms with Crippen LogP contribution in [0.3, 0.4) is 0 Å². The number of amides is 1. The summed E-state index contributed by atoms with van der Waals surface area (Å²) in [6.07, 6.45) is 0.524. The maximum atomic E-state index is 12.8. The van der Waals surface area contributed by atoms with Crippen LogP contribution in [0, 0.1) is 15.5 Å². The summed E-state index contributed by atoms with van der Waals surface area (Å²) < 4.78 is 26.9. The number of hydrogen-bond acceptors (Lipinski definition) is 5. The maximum absolute atomic E-state index is 12.8. The van der Waals surface area contributed by atoms with Crippen LogP contribution < -0.4 is 0 Å². The molecule has 138 valence electrons. The highest BCUT2D eigenvalue weighted by Crippen LogP contribution is 2.23. The number of carbonyl (C=O) groups excluding carboxylic acids is 1. The summed E-state index contributed by atoms with van der Waals surface area (Å²) in [6, 6.07) is 5.03. The lowest BCUT2D eigenvalue weighted by Gasteiger charge is -2.28. The Kier molecular flexibility index (Phi) is 5.48. The van der Waals surface area contributed by atoms with Crippen LogP contribution in [-0.2, 0) is 14.8 Å². The average Bonchev–Trinajstić information content (AvgIpc) is 2.79. The molecule has 1 saturated heterocycles. The van der Waals surface area contributed by atoms with Crippen LogP contribution in [0.4, 0.5) is 5.69 Å². The number of nitrogens with zero attached hydrogens (tertiary/aromatic N) is 3. The third-order valence-electron chi connectivity index (χ3n) is 4.05. The molecule has 8 nitrogen and oxygen atoms in total. The molecule has 1 aliphatic heterocycles. The van der Waals surface area contributed by atoms with Crippen LogP contribution in [0.25, 0.3) is 0 Å². The van der Waals surface area contributed by atoms with Gasteiger partial charge < -0.3 is 4.90 Å². The molecule has 1 aromatic carbocycles. The molecule has 0 radical (unpaired) electrons. The van der Waals surface area contributed by atoms with Crippen molar-refractivity contribution in [2.75, 3.05) is 26.2 Å². The Morgan fingerprint density at radius 3 is 2.44 bits per heavy atom. The molecule has 1 heterocycles. The van der Waals surface area contributed by atoms with Gasteiger partial charge in [-0.1, -0.05) is 26.8 Å². The molecule has 0 atom stereocenters. The van der Waals surface area contributed by atoms with Crippen LogP contribution in [-0.4, -0.2) is 54.6 Å². The molecule has 9 heteroatoms. The molecule has 1 aromatic rings. The standard InChI is InChI=1S/C16H23N3O5S/c1-16(2,3)15(20)17-8-5-9-18(11-10-17)25(23,24)14-7-4-6-13(12-14)19(21)22/h4,6-7,12H,5,8-11H2,1-3H3. The van der Waals surface area contributed by atoms with Crippen molar-refractivity contribution in [3.05, 3.63) is 34.4 Å². The van der Waals surface area contributed by atoms with Gasteiger partial charge in [0, 0.05) is 43.7 Å². The first-order valence-electron chi connectivity index (χ1n) is 8.07. The first kappa shape index (κ1) is 19.3. The van der Waals surface area contributed by atoms with Crippen LogP contribution in [0.15, 0.2) is 29.2 Å². The monoisotopic (exact) mass is 369 g/mol. The molecule has 1 fully saturated rings. The van der Waals surface area contributed by atoms with Gasteiger partial charge in [0.05, 0.1) is 9.82 Å². The highest BCUT2D eigenvalue weighted by atomic mass is 32.2. The topological polar surface area (TPSA) is 101 Å². The van der Waals surface area contributed by atoms with E-state index in [9.17, 15) is 23.3 Å². The Labute approximate surface area is 147 Å². The summed E-state index contributed by atoms with van der Waals surface area (Å²) in [6.45, 7) is 6.75. The SMILES string of the molecule is CC(C)(C)C(=O)N1CCCN(S(=O)(=O)c2cccc([N+](=O)[O-])c2)CC1. The molecular weight excluding hydrogens is 346 g/mol. The number of sulfonamides is 1. The number of hydrogen-bond donors (Lipinski definition) is 0. The fourth-order valence-electron chi connectivity index (χ4n) is 2.72.